The molecule has 1 aliphatic heterocycles. The SMILES string of the molecule is CCN(c1ccccc1)S(=O)(=O)c1ccc(C(=O)N2CCN(c3nccs3)CC2)cc1. The van der Waals surface area contributed by atoms with Gasteiger partial charge in [-0.1, -0.05) is 18.2 Å². The summed E-state index contributed by atoms with van der Waals surface area (Å²) in [5.41, 5.74) is 1.10. The van der Waals surface area contributed by atoms with Gasteiger partial charge >= 0.3 is 0 Å². The van der Waals surface area contributed by atoms with Crippen LogP contribution in [0.2, 0.25) is 0 Å². The van der Waals surface area contributed by atoms with Crippen LogP contribution in [-0.2, 0) is 10.0 Å². The molecule has 4 rings (SSSR count). The first-order valence-corrected chi connectivity index (χ1v) is 12.4. The van der Waals surface area contributed by atoms with Crippen molar-refractivity contribution in [3.05, 3.63) is 71.7 Å². The van der Waals surface area contributed by atoms with Gasteiger partial charge in [0, 0.05) is 49.9 Å². The van der Waals surface area contributed by atoms with Crippen LogP contribution < -0.4 is 9.21 Å². The third-order valence-corrected chi connectivity index (χ3v) is 8.03. The summed E-state index contributed by atoms with van der Waals surface area (Å²) in [5, 5.41) is 2.92. The molecule has 0 radical (unpaired) electrons. The van der Waals surface area contributed by atoms with Crippen LogP contribution in [0.5, 0.6) is 0 Å². The molecule has 0 unspecified atom stereocenters. The maximum Gasteiger partial charge on any atom is 0.264 e. The topological polar surface area (TPSA) is 73.8 Å². The maximum absolute atomic E-state index is 13.1. The Morgan fingerprint density at radius 3 is 2.29 bits per heavy atom. The summed E-state index contributed by atoms with van der Waals surface area (Å²) in [5.74, 6) is -0.0851. The monoisotopic (exact) mass is 456 g/mol. The van der Waals surface area contributed by atoms with E-state index >= 15 is 0 Å². The number of thiazole rings is 1. The Hall–Kier alpha value is -2.91. The van der Waals surface area contributed by atoms with Gasteiger partial charge in [-0.2, -0.15) is 0 Å². The number of hydrogen-bond acceptors (Lipinski definition) is 6. The van der Waals surface area contributed by atoms with Gasteiger partial charge in [0.15, 0.2) is 5.13 Å². The maximum atomic E-state index is 13.1. The van der Waals surface area contributed by atoms with E-state index in [9.17, 15) is 13.2 Å². The van der Waals surface area contributed by atoms with Crippen molar-refractivity contribution in [2.75, 3.05) is 41.9 Å². The average molecular weight is 457 g/mol. The minimum absolute atomic E-state index is 0.0851. The summed E-state index contributed by atoms with van der Waals surface area (Å²) >= 11 is 1.59. The molecule has 1 amide bonds. The van der Waals surface area contributed by atoms with E-state index in [0.29, 0.717) is 30.9 Å². The number of aromatic nitrogens is 1. The Kier molecular flexibility index (Phi) is 6.24. The second-order valence-corrected chi connectivity index (χ2v) is 9.86. The van der Waals surface area contributed by atoms with Gasteiger partial charge in [0.2, 0.25) is 0 Å². The zero-order chi connectivity index (χ0) is 21.8. The number of carbonyl (C=O) groups excluding carboxylic acids is 1. The van der Waals surface area contributed by atoms with Gasteiger partial charge < -0.3 is 9.80 Å². The van der Waals surface area contributed by atoms with Crippen LogP contribution >= 0.6 is 11.3 Å². The molecule has 1 fully saturated rings. The van der Waals surface area contributed by atoms with Crippen molar-refractivity contribution in [2.24, 2.45) is 0 Å². The summed E-state index contributed by atoms with van der Waals surface area (Å²) in [6, 6.07) is 15.2. The predicted octanol–water partition coefficient (Wildman–Crippen LogP) is 3.32. The van der Waals surface area contributed by atoms with E-state index in [4.69, 9.17) is 0 Å². The second kappa shape index (κ2) is 9.07. The highest BCUT2D eigenvalue weighted by atomic mass is 32.2. The molecule has 0 saturated carbocycles. The highest BCUT2D eigenvalue weighted by molar-refractivity contribution is 7.92. The van der Waals surface area contributed by atoms with Gasteiger partial charge in [0.25, 0.3) is 15.9 Å². The number of rotatable bonds is 6. The number of hydrogen-bond donors (Lipinski definition) is 0. The van der Waals surface area contributed by atoms with Crippen LogP contribution in [0.1, 0.15) is 17.3 Å². The summed E-state index contributed by atoms with van der Waals surface area (Å²) < 4.78 is 27.6. The molecule has 2 aromatic carbocycles. The Morgan fingerprint density at radius 1 is 1.03 bits per heavy atom. The Morgan fingerprint density at radius 2 is 1.71 bits per heavy atom. The molecule has 2 heterocycles. The lowest BCUT2D eigenvalue weighted by Gasteiger charge is -2.34. The lowest BCUT2D eigenvalue weighted by molar-refractivity contribution is 0.0746. The summed E-state index contributed by atoms with van der Waals surface area (Å²) in [7, 11) is -3.71. The minimum Gasteiger partial charge on any atom is -0.345 e. The van der Waals surface area contributed by atoms with Gasteiger partial charge in [0.1, 0.15) is 0 Å². The average Bonchev–Trinajstić information content (AvgIpc) is 3.35. The fraction of sp³-hybridized carbons (Fsp3) is 0.273. The van der Waals surface area contributed by atoms with E-state index < -0.39 is 10.0 Å². The largest absolute Gasteiger partial charge is 0.345 e. The lowest BCUT2D eigenvalue weighted by Crippen LogP contribution is -2.48. The smallest absolute Gasteiger partial charge is 0.264 e. The van der Waals surface area contributed by atoms with E-state index in [-0.39, 0.29) is 10.8 Å². The number of para-hydroxylation sites is 1. The van der Waals surface area contributed by atoms with Crippen LogP contribution in [0.4, 0.5) is 10.8 Å². The second-order valence-electron chi connectivity index (χ2n) is 7.12. The third kappa shape index (κ3) is 4.42. The minimum atomic E-state index is -3.71. The lowest BCUT2D eigenvalue weighted by atomic mass is 10.2. The zero-order valence-corrected chi connectivity index (χ0v) is 18.8. The van der Waals surface area contributed by atoms with Crippen LogP contribution in [0, 0.1) is 0 Å². The van der Waals surface area contributed by atoms with Crippen molar-refractivity contribution in [1.29, 1.82) is 0 Å². The normalized spacial score (nSPS) is 14.5. The molecule has 1 saturated heterocycles. The van der Waals surface area contributed by atoms with Gasteiger partial charge in [-0.25, -0.2) is 13.4 Å². The van der Waals surface area contributed by atoms with E-state index in [0.717, 1.165) is 18.2 Å². The quantitative estimate of drug-likeness (QED) is 0.569. The van der Waals surface area contributed by atoms with Crippen molar-refractivity contribution in [1.82, 2.24) is 9.88 Å². The number of piperazine rings is 1. The van der Waals surface area contributed by atoms with Crippen molar-refractivity contribution < 1.29 is 13.2 Å². The van der Waals surface area contributed by atoms with Crippen LogP contribution in [-0.4, -0.2) is 56.9 Å². The van der Waals surface area contributed by atoms with Crippen molar-refractivity contribution in [2.45, 2.75) is 11.8 Å². The Balaban J connectivity index is 1.46. The first kappa shape index (κ1) is 21.3. The van der Waals surface area contributed by atoms with Gasteiger partial charge in [-0.15, -0.1) is 11.3 Å². The number of carbonyl (C=O) groups is 1. The molecule has 0 N–H and O–H groups in total. The molecule has 3 aromatic rings. The number of amides is 1. The van der Waals surface area contributed by atoms with Crippen LogP contribution in [0.3, 0.4) is 0 Å². The summed E-state index contributed by atoms with van der Waals surface area (Å²) in [6.07, 6.45) is 1.78. The first-order valence-electron chi connectivity index (χ1n) is 10.1. The standard InChI is InChI=1S/C22H24N4O3S2/c1-2-26(19-6-4-3-5-7-19)31(28,29)20-10-8-18(9-11-20)21(27)24-13-15-25(16-14-24)22-23-12-17-30-22/h3-12,17H,2,13-16H2,1H3. The number of anilines is 2. The fourth-order valence-electron chi connectivity index (χ4n) is 3.64. The fourth-order valence-corrected chi connectivity index (χ4v) is 5.81. The number of nitrogens with zero attached hydrogens (tertiary/aromatic N) is 4. The van der Waals surface area contributed by atoms with E-state index in [1.165, 1.54) is 16.4 Å². The Bertz CT molecular complexity index is 1110. The molecule has 1 aliphatic rings. The van der Waals surface area contributed by atoms with Gasteiger partial charge in [0.05, 0.1) is 10.6 Å². The van der Waals surface area contributed by atoms with Gasteiger partial charge in [-0.3, -0.25) is 9.10 Å². The van der Waals surface area contributed by atoms with Crippen molar-refractivity contribution >= 4 is 38.1 Å². The summed E-state index contributed by atoms with van der Waals surface area (Å²) in [6.45, 7) is 4.79. The molecule has 0 atom stereocenters. The predicted molar refractivity (Wildman–Crippen MR) is 123 cm³/mol. The molecule has 7 nitrogen and oxygen atoms in total. The molecular weight excluding hydrogens is 432 g/mol. The Labute approximate surface area is 186 Å². The number of benzene rings is 2. The molecule has 31 heavy (non-hydrogen) atoms. The van der Waals surface area contributed by atoms with Crippen LogP contribution in [0.15, 0.2) is 71.1 Å². The molecule has 162 valence electrons. The van der Waals surface area contributed by atoms with Crippen molar-refractivity contribution in [3.63, 3.8) is 0 Å². The third-order valence-electron chi connectivity index (χ3n) is 5.28. The van der Waals surface area contributed by atoms with E-state index in [2.05, 4.69) is 9.88 Å². The van der Waals surface area contributed by atoms with E-state index in [1.54, 1.807) is 53.6 Å². The van der Waals surface area contributed by atoms with Crippen LogP contribution in [0.25, 0.3) is 0 Å². The van der Waals surface area contributed by atoms with Crippen molar-refractivity contribution in [3.8, 4) is 0 Å². The molecule has 0 bridgehead atoms. The zero-order valence-electron chi connectivity index (χ0n) is 17.2. The molecule has 1 aromatic heterocycles. The highest BCUT2D eigenvalue weighted by Crippen LogP contribution is 2.24. The van der Waals surface area contributed by atoms with E-state index in [1.807, 2.05) is 23.6 Å². The molecule has 0 spiro atoms. The molecule has 0 aliphatic carbocycles. The highest BCUT2D eigenvalue weighted by Gasteiger charge is 2.26. The summed E-state index contributed by atoms with van der Waals surface area (Å²) in [4.78, 5) is 21.4. The van der Waals surface area contributed by atoms with Gasteiger partial charge in [-0.05, 0) is 43.3 Å². The number of sulfonamides is 1. The molecular formula is C22H24N4O3S2. The molecule has 9 heteroatoms. The first-order chi connectivity index (χ1) is 15.0.